The van der Waals surface area contributed by atoms with E-state index in [1.807, 2.05) is 0 Å². The Morgan fingerprint density at radius 2 is 2.12 bits per heavy atom. The largest absolute Gasteiger partial charge is 0.468 e. The number of ether oxygens (including phenoxy) is 1. The molecule has 5 nitrogen and oxygen atoms in total. The van der Waals surface area contributed by atoms with Crippen LogP contribution in [0.2, 0.25) is 0 Å². The van der Waals surface area contributed by atoms with Crippen molar-refractivity contribution in [2.75, 3.05) is 19.4 Å². The van der Waals surface area contributed by atoms with E-state index >= 15 is 0 Å². The lowest BCUT2D eigenvalue weighted by Crippen LogP contribution is -2.37. The first kappa shape index (κ1) is 16.2. The summed E-state index contributed by atoms with van der Waals surface area (Å²) < 4.78 is 4.51. The Balaban J connectivity index is 3.80. The molecule has 2 atom stereocenters. The van der Waals surface area contributed by atoms with Crippen molar-refractivity contribution in [1.82, 2.24) is 5.32 Å². The molecule has 0 aromatic carbocycles. The van der Waals surface area contributed by atoms with Crippen molar-refractivity contribution in [3.63, 3.8) is 0 Å². The highest BCUT2D eigenvalue weighted by Crippen LogP contribution is 2.11. The molecule has 0 saturated heterocycles. The maximum absolute atomic E-state index is 11.6. The molecule has 0 aliphatic carbocycles. The highest BCUT2D eigenvalue weighted by Gasteiger charge is 2.18. The maximum Gasteiger partial charge on any atom is 0.323 e. The van der Waals surface area contributed by atoms with Crippen LogP contribution in [0.15, 0.2) is 0 Å². The van der Waals surface area contributed by atoms with Crippen molar-refractivity contribution >= 4 is 23.6 Å². The SMILES string of the molecule is CCCCNC(=O)C(C)SCC(N)C(=O)OC. The zero-order chi connectivity index (χ0) is 13.3. The minimum atomic E-state index is -0.670. The number of rotatable bonds is 8. The zero-order valence-electron chi connectivity index (χ0n) is 10.7. The summed E-state index contributed by atoms with van der Waals surface area (Å²) in [4.78, 5) is 22.6. The van der Waals surface area contributed by atoms with Gasteiger partial charge in [-0.15, -0.1) is 11.8 Å². The number of carbonyl (C=O) groups is 2. The first-order valence-corrected chi connectivity index (χ1v) is 6.80. The summed E-state index contributed by atoms with van der Waals surface area (Å²) in [5.74, 6) is -0.0775. The number of methoxy groups -OCH3 is 1. The third-order valence-corrected chi connectivity index (χ3v) is 3.49. The van der Waals surface area contributed by atoms with Crippen molar-refractivity contribution in [2.45, 2.75) is 38.0 Å². The van der Waals surface area contributed by atoms with E-state index in [1.165, 1.54) is 18.9 Å². The van der Waals surface area contributed by atoms with E-state index in [-0.39, 0.29) is 11.2 Å². The van der Waals surface area contributed by atoms with Gasteiger partial charge in [0.1, 0.15) is 6.04 Å². The number of hydrogen-bond acceptors (Lipinski definition) is 5. The molecule has 0 rings (SSSR count). The van der Waals surface area contributed by atoms with Crippen molar-refractivity contribution in [3.05, 3.63) is 0 Å². The second kappa shape index (κ2) is 9.30. The van der Waals surface area contributed by atoms with E-state index < -0.39 is 12.0 Å². The second-order valence-electron chi connectivity index (χ2n) is 3.75. The third-order valence-electron chi connectivity index (χ3n) is 2.23. The van der Waals surface area contributed by atoms with Crippen molar-refractivity contribution < 1.29 is 14.3 Å². The molecule has 0 aromatic rings. The molecule has 0 radical (unpaired) electrons. The van der Waals surface area contributed by atoms with Crippen LogP contribution in [-0.2, 0) is 14.3 Å². The van der Waals surface area contributed by atoms with Crippen LogP contribution in [0.3, 0.4) is 0 Å². The van der Waals surface area contributed by atoms with Gasteiger partial charge in [0, 0.05) is 12.3 Å². The molecule has 0 saturated carbocycles. The fourth-order valence-electron chi connectivity index (χ4n) is 1.08. The fraction of sp³-hybridized carbons (Fsp3) is 0.818. The van der Waals surface area contributed by atoms with Gasteiger partial charge in [-0.25, -0.2) is 0 Å². The molecule has 100 valence electrons. The molecule has 2 unspecified atom stereocenters. The van der Waals surface area contributed by atoms with Crippen LogP contribution >= 0.6 is 11.8 Å². The Morgan fingerprint density at radius 1 is 1.47 bits per heavy atom. The standard InChI is InChI=1S/C11H22N2O3S/c1-4-5-6-13-10(14)8(2)17-7-9(12)11(15)16-3/h8-9H,4-7,12H2,1-3H3,(H,13,14). The summed E-state index contributed by atoms with van der Waals surface area (Å²) in [6, 6.07) is -0.670. The second-order valence-corrected chi connectivity index (χ2v) is 5.12. The van der Waals surface area contributed by atoms with Gasteiger partial charge < -0.3 is 15.8 Å². The first-order chi connectivity index (χ1) is 8.02. The van der Waals surface area contributed by atoms with Crippen molar-refractivity contribution in [3.8, 4) is 0 Å². The predicted molar refractivity (Wildman–Crippen MR) is 69.8 cm³/mol. The van der Waals surface area contributed by atoms with E-state index in [0.717, 1.165) is 12.8 Å². The quantitative estimate of drug-likeness (QED) is 0.492. The number of nitrogens with two attached hydrogens (primary N) is 1. The minimum Gasteiger partial charge on any atom is -0.468 e. The van der Waals surface area contributed by atoms with Gasteiger partial charge in [0.05, 0.1) is 12.4 Å². The van der Waals surface area contributed by atoms with Gasteiger partial charge in [0.15, 0.2) is 0 Å². The van der Waals surface area contributed by atoms with E-state index in [0.29, 0.717) is 12.3 Å². The highest BCUT2D eigenvalue weighted by molar-refractivity contribution is 8.00. The van der Waals surface area contributed by atoms with Crippen LogP contribution in [0.5, 0.6) is 0 Å². The monoisotopic (exact) mass is 262 g/mol. The fourth-order valence-corrected chi connectivity index (χ4v) is 1.94. The van der Waals surface area contributed by atoms with E-state index in [4.69, 9.17) is 5.73 Å². The summed E-state index contributed by atoms with van der Waals surface area (Å²) in [5.41, 5.74) is 5.57. The molecule has 6 heteroatoms. The van der Waals surface area contributed by atoms with Crippen LogP contribution in [-0.4, -0.2) is 42.6 Å². The summed E-state index contributed by atoms with van der Waals surface area (Å²) in [5, 5.41) is 2.63. The molecular formula is C11H22N2O3S. The average molecular weight is 262 g/mol. The van der Waals surface area contributed by atoms with Crippen LogP contribution in [0.25, 0.3) is 0 Å². The third kappa shape index (κ3) is 7.23. The van der Waals surface area contributed by atoms with Gasteiger partial charge in [0.25, 0.3) is 0 Å². The Bertz CT molecular complexity index is 249. The molecule has 0 aromatic heterocycles. The van der Waals surface area contributed by atoms with Gasteiger partial charge >= 0.3 is 5.97 Å². The van der Waals surface area contributed by atoms with Crippen LogP contribution in [0, 0.1) is 0 Å². The number of esters is 1. The highest BCUT2D eigenvalue weighted by atomic mass is 32.2. The average Bonchev–Trinajstić information content (AvgIpc) is 2.34. The Kier molecular flexibility index (Phi) is 8.89. The number of carbonyl (C=O) groups excluding carboxylic acids is 2. The van der Waals surface area contributed by atoms with E-state index in [1.54, 1.807) is 6.92 Å². The number of amides is 1. The van der Waals surface area contributed by atoms with Gasteiger partial charge in [-0.2, -0.15) is 0 Å². The molecule has 0 aliphatic heterocycles. The smallest absolute Gasteiger partial charge is 0.323 e. The summed E-state index contributed by atoms with van der Waals surface area (Å²) in [7, 11) is 1.30. The number of unbranched alkanes of at least 4 members (excludes halogenated alkanes) is 1. The van der Waals surface area contributed by atoms with Crippen LogP contribution < -0.4 is 11.1 Å². The molecule has 3 N–H and O–H groups in total. The van der Waals surface area contributed by atoms with Gasteiger partial charge in [-0.3, -0.25) is 9.59 Å². The summed E-state index contributed by atoms with van der Waals surface area (Å²) in [6.07, 6.45) is 2.03. The zero-order valence-corrected chi connectivity index (χ0v) is 11.5. The molecule has 17 heavy (non-hydrogen) atoms. The lowest BCUT2D eigenvalue weighted by atomic mass is 10.3. The van der Waals surface area contributed by atoms with Crippen molar-refractivity contribution in [2.24, 2.45) is 5.73 Å². The molecular weight excluding hydrogens is 240 g/mol. The number of thioether (sulfide) groups is 1. The first-order valence-electron chi connectivity index (χ1n) is 5.75. The Labute approximate surface area is 107 Å². The topological polar surface area (TPSA) is 81.4 Å². The maximum atomic E-state index is 11.6. The lowest BCUT2D eigenvalue weighted by Gasteiger charge is -2.14. The van der Waals surface area contributed by atoms with Crippen molar-refractivity contribution in [1.29, 1.82) is 0 Å². The molecule has 0 bridgehead atoms. The van der Waals surface area contributed by atoms with E-state index in [9.17, 15) is 9.59 Å². The molecule has 0 fully saturated rings. The molecule has 1 amide bonds. The number of hydrogen-bond donors (Lipinski definition) is 2. The van der Waals surface area contributed by atoms with E-state index in [2.05, 4.69) is 17.0 Å². The van der Waals surface area contributed by atoms with Gasteiger partial charge in [0.2, 0.25) is 5.91 Å². The van der Waals surface area contributed by atoms with Crippen LogP contribution in [0.1, 0.15) is 26.7 Å². The van der Waals surface area contributed by atoms with Crippen LogP contribution in [0.4, 0.5) is 0 Å². The predicted octanol–water partition coefficient (Wildman–Crippen LogP) is 0.525. The normalized spacial score (nSPS) is 13.9. The summed E-state index contributed by atoms with van der Waals surface area (Å²) in [6.45, 7) is 4.57. The molecule has 0 heterocycles. The molecule has 0 aliphatic rings. The summed E-state index contributed by atoms with van der Waals surface area (Å²) >= 11 is 1.36. The number of nitrogens with one attached hydrogen (secondary N) is 1. The molecule has 0 spiro atoms. The minimum absolute atomic E-state index is 0.0134. The Hall–Kier alpha value is -0.750. The van der Waals surface area contributed by atoms with Gasteiger partial charge in [-0.1, -0.05) is 13.3 Å². The lowest BCUT2D eigenvalue weighted by molar-refractivity contribution is -0.141. The van der Waals surface area contributed by atoms with Gasteiger partial charge in [-0.05, 0) is 13.3 Å². The Morgan fingerprint density at radius 3 is 2.65 bits per heavy atom.